The Labute approximate surface area is 215 Å². The Morgan fingerprint density at radius 3 is 2.73 bits per heavy atom. The van der Waals surface area contributed by atoms with Gasteiger partial charge in [-0.15, -0.1) is 0 Å². The lowest BCUT2D eigenvalue weighted by Crippen LogP contribution is -2.31. The van der Waals surface area contributed by atoms with Crippen LogP contribution < -0.4 is 20.1 Å². The summed E-state index contributed by atoms with van der Waals surface area (Å²) in [5, 5.41) is 24.2. The van der Waals surface area contributed by atoms with Crippen molar-refractivity contribution in [2.24, 2.45) is 5.92 Å². The summed E-state index contributed by atoms with van der Waals surface area (Å²) in [5.74, 6) is -0.615. The van der Waals surface area contributed by atoms with Gasteiger partial charge in [0.25, 0.3) is 5.91 Å². The number of anilines is 1. The van der Waals surface area contributed by atoms with Crippen LogP contribution in [0.4, 0.5) is 5.69 Å². The van der Waals surface area contributed by atoms with Crippen molar-refractivity contribution in [2.75, 3.05) is 19.0 Å². The highest BCUT2D eigenvalue weighted by Gasteiger charge is 2.61. The number of benzene rings is 2. The average molecular weight is 506 g/mol. The van der Waals surface area contributed by atoms with E-state index in [4.69, 9.17) is 14.6 Å². The fraction of sp³-hybridized carbons (Fsp3) is 0.429. The number of hydrogen-bond acceptors (Lipinski definition) is 6. The quantitative estimate of drug-likeness (QED) is 0.471. The first-order valence-electron chi connectivity index (χ1n) is 12.4. The maximum atomic E-state index is 13.4. The molecule has 2 aromatic carbocycles. The second-order valence-corrected chi connectivity index (χ2v) is 9.91. The van der Waals surface area contributed by atoms with Crippen molar-refractivity contribution in [1.29, 1.82) is 5.26 Å². The molecule has 1 aliphatic heterocycles. The third kappa shape index (κ3) is 5.38. The highest BCUT2D eigenvalue weighted by atomic mass is 16.5. The molecule has 9 nitrogen and oxygen atoms in total. The lowest BCUT2D eigenvalue weighted by Gasteiger charge is -2.28. The minimum atomic E-state index is -0.879. The van der Waals surface area contributed by atoms with E-state index in [0.717, 1.165) is 11.1 Å². The molecule has 37 heavy (non-hydrogen) atoms. The number of rotatable bonds is 9. The van der Waals surface area contributed by atoms with E-state index in [-0.39, 0.29) is 30.2 Å². The number of fused-ring (bicyclic) bond motifs is 2. The van der Waals surface area contributed by atoms with E-state index >= 15 is 0 Å². The van der Waals surface area contributed by atoms with Crippen molar-refractivity contribution in [3.63, 3.8) is 0 Å². The molecule has 1 fully saturated rings. The number of aliphatic carboxylic acids is 1. The van der Waals surface area contributed by atoms with Gasteiger partial charge in [0.2, 0.25) is 5.91 Å². The Morgan fingerprint density at radius 1 is 1.27 bits per heavy atom. The highest BCUT2D eigenvalue weighted by Crippen LogP contribution is 2.61. The van der Waals surface area contributed by atoms with E-state index in [1.165, 1.54) is 7.11 Å². The first-order chi connectivity index (χ1) is 17.7. The Bertz CT molecular complexity index is 1280. The number of carboxylic acids is 1. The zero-order valence-corrected chi connectivity index (χ0v) is 21.2. The maximum Gasteiger partial charge on any atom is 0.303 e. The molecule has 9 heteroatoms. The largest absolute Gasteiger partial charge is 0.496 e. The molecule has 1 spiro atoms. The van der Waals surface area contributed by atoms with Crippen molar-refractivity contribution >= 4 is 23.5 Å². The predicted molar refractivity (Wildman–Crippen MR) is 136 cm³/mol. The van der Waals surface area contributed by atoms with Crippen LogP contribution in [-0.4, -0.2) is 42.6 Å². The minimum absolute atomic E-state index is 0.0199. The molecule has 1 saturated carbocycles. The first-order valence-corrected chi connectivity index (χ1v) is 12.4. The Kier molecular flexibility index (Phi) is 7.39. The lowest BCUT2D eigenvalue weighted by molar-refractivity contribution is -0.137. The number of nitrogens with zero attached hydrogens (tertiary/aromatic N) is 1. The van der Waals surface area contributed by atoms with Crippen LogP contribution in [0.25, 0.3) is 0 Å². The second-order valence-electron chi connectivity index (χ2n) is 9.91. The second kappa shape index (κ2) is 10.5. The zero-order chi connectivity index (χ0) is 26.7. The summed E-state index contributed by atoms with van der Waals surface area (Å²) >= 11 is 0. The first kappa shape index (κ1) is 26.0. The van der Waals surface area contributed by atoms with E-state index in [0.29, 0.717) is 60.6 Å². The van der Waals surface area contributed by atoms with Gasteiger partial charge in [-0.25, -0.2) is 0 Å². The molecule has 0 radical (unpaired) electrons. The minimum Gasteiger partial charge on any atom is -0.496 e. The average Bonchev–Trinajstić information content (AvgIpc) is 3.58. The number of methoxy groups -OCH3 is 1. The molecule has 194 valence electrons. The van der Waals surface area contributed by atoms with Crippen LogP contribution in [0.5, 0.6) is 11.5 Å². The van der Waals surface area contributed by atoms with Gasteiger partial charge in [0.1, 0.15) is 11.5 Å². The van der Waals surface area contributed by atoms with Gasteiger partial charge in [0.15, 0.2) is 0 Å². The molecular formula is C28H31N3O6. The van der Waals surface area contributed by atoms with Gasteiger partial charge in [0.05, 0.1) is 30.9 Å². The number of aryl methyl sites for hydroxylation is 1. The number of amides is 2. The van der Waals surface area contributed by atoms with Gasteiger partial charge in [0, 0.05) is 41.1 Å². The number of carbonyl (C=O) groups excluding carboxylic acids is 2. The summed E-state index contributed by atoms with van der Waals surface area (Å²) in [5.41, 5.74) is 2.48. The van der Waals surface area contributed by atoms with Crippen molar-refractivity contribution < 1.29 is 29.0 Å². The molecule has 3 N–H and O–H groups in total. The summed E-state index contributed by atoms with van der Waals surface area (Å²) < 4.78 is 11.3. The van der Waals surface area contributed by atoms with Crippen LogP contribution in [0.1, 0.15) is 66.6 Å². The maximum absolute atomic E-state index is 13.4. The van der Waals surface area contributed by atoms with Gasteiger partial charge in [-0.05, 0) is 63.3 Å². The summed E-state index contributed by atoms with van der Waals surface area (Å²) in [6.07, 6.45) is 2.16. The molecule has 1 heterocycles. The molecular weight excluding hydrogens is 474 g/mol. The highest BCUT2D eigenvalue weighted by molar-refractivity contribution is 5.99. The third-order valence-electron chi connectivity index (χ3n) is 7.03. The smallest absolute Gasteiger partial charge is 0.303 e. The van der Waals surface area contributed by atoms with Crippen molar-refractivity contribution in [2.45, 2.75) is 57.4 Å². The zero-order valence-electron chi connectivity index (χ0n) is 21.2. The van der Waals surface area contributed by atoms with Crippen molar-refractivity contribution in [1.82, 2.24) is 5.32 Å². The molecule has 0 bridgehead atoms. The Morgan fingerprint density at radius 2 is 2.05 bits per heavy atom. The van der Waals surface area contributed by atoms with Crippen LogP contribution in [0.15, 0.2) is 30.3 Å². The van der Waals surface area contributed by atoms with E-state index in [2.05, 4.69) is 16.7 Å². The topological polar surface area (TPSA) is 138 Å². The number of nitrogens with one attached hydrogen (secondary N) is 2. The Balaban J connectivity index is 1.59. The number of hydrogen-bond donors (Lipinski definition) is 3. The standard InChI is InChI=1S/C28H31N3O6/c1-16(2)30-26(34)19-12-20-24(13-23(19)36-3)37-10-9-28(20)14-21(28)27(35)31-22-11-17(15-29)7-8-18(22)5-4-6-25(32)33/h7-8,11-13,16,21H,4-6,9-10,14H2,1-3H3,(H,30,34)(H,31,35)(H,32,33)/t21-,28-/m0/s1. The summed E-state index contributed by atoms with van der Waals surface area (Å²) in [6, 6.07) is 10.6. The summed E-state index contributed by atoms with van der Waals surface area (Å²) in [4.78, 5) is 37.2. The summed E-state index contributed by atoms with van der Waals surface area (Å²) in [6.45, 7) is 4.21. The molecule has 0 aromatic heterocycles. The molecule has 0 unspecified atom stereocenters. The van der Waals surface area contributed by atoms with Gasteiger partial charge in [-0.3, -0.25) is 14.4 Å². The molecule has 0 saturated heterocycles. The molecule has 2 amide bonds. The van der Waals surface area contributed by atoms with Crippen LogP contribution in [0, 0.1) is 17.2 Å². The fourth-order valence-corrected chi connectivity index (χ4v) is 5.09. The number of carbonyl (C=O) groups is 3. The van der Waals surface area contributed by atoms with Gasteiger partial charge in [-0.2, -0.15) is 5.26 Å². The SMILES string of the molecule is COc1cc2c(cc1C(=O)NC(C)C)[C@]1(CCO2)C[C@H]1C(=O)Nc1cc(C#N)ccc1CCCC(=O)O. The van der Waals surface area contributed by atoms with E-state index in [1.54, 1.807) is 30.3 Å². The lowest BCUT2D eigenvalue weighted by atomic mass is 9.85. The number of carboxylic acid groups (broad SMARTS) is 1. The van der Waals surface area contributed by atoms with Crippen LogP contribution in [0.3, 0.4) is 0 Å². The normalized spacial score (nSPS) is 19.4. The van der Waals surface area contributed by atoms with Crippen LogP contribution in [0.2, 0.25) is 0 Å². The van der Waals surface area contributed by atoms with Gasteiger partial charge >= 0.3 is 5.97 Å². The number of nitriles is 1. The van der Waals surface area contributed by atoms with Crippen molar-refractivity contribution in [3.05, 3.63) is 52.6 Å². The summed E-state index contributed by atoms with van der Waals surface area (Å²) in [7, 11) is 1.50. The van der Waals surface area contributed by atoms with Gasteiger partial charge in [-0.1, -0.05) is 6.07 Å². The van der Waals surface area contributed by atoms with Crippen molar-refractivity contribution in [3.8, 4) is 17.6 Å². The molecule has 1 aliphatic carbocycles. The van der Waals surface area contributed by atoms with Gasteiger partial charge < -0.3 is 25.2 Å². The fourth-order valence-electron chi connectivity index (χ4n) is 5.09. The monoisotopic (exact) mass is 505 g/mol. The van der Waals surface area contributed by atoms with E-state index < -0.39 is 11.4 Å². The number of ether oxygens (including phenoxy) is 2. The van der Waals surface area contributed by atoms with Crippen LogP contribution in [-0.2, 0) is 21.4 Å². The van der Waals surface area contributed by atoms with E-state index in [9.17, 15) is 19.6 Å². The Hall–Kier alpha value is -4.06. The predicted octanol–water partition coefficient (Wildman–Crippen LogP) is 3.79. The molecule has 4 rings (SSSR count). The third-order valence-corrected chi connectivity index (χ3v) is 7.03. The van der Waals surface area contributed by atoms with E-state index in [1.807, 2.05) is 13.8 Å². The molecule has 2 aromatic rings. The molecule has 2 aliphatic rings. The van der Waals surface area contributed by atoms with Crippen LogP contribution >= 0.6 is 0 Å². The molecule has 2 atom stereocenters.